The fraction of sp³-hybridized carbons (Fsp3) is 0. The SMILES string of the molecule is O.O.O.O.O=C(OO)c1cccc(Cl)c1.O=C(OO)c1cccc(Cl)c1. The Bertz CT molecular complexity index is 608. The van der Waals surface area contributed by atoms with Gasteiger partial charge in [-0.05, 0) is 36.4 Å². The summed E-state index contributed by atoms with van der Waals surface area (Å²) in [6.07, 6.45) is 0. The number of hydrogen-bond acceptors (Lipinski definition) is 6. The highest BCUT2D eigenvalue weighted by Crippen LogP contribution is 2.11. The molecule has 26 heavy (non-hydrogen) atoms. The molecule has 0 fully saturated rings. The molecule has 0 aliphatic carbocycles. The first-order valence-electron chi connectivity index (χ1n) is 5.70. The lowest BCUT2D eigenvalue weighted by Gasteiger charge is -1.95. The van der Waals surface area contributed by atoms with Gasteiger partial charge in [0.2, 0.25) is 0 Å². The van der Waals surface area contributed by atoms with E-state index in [1.165, 1.54) is 24.3 Å². The Morgan fingerprint density at radius 3 is 1.23 bits per heavy atom. The van der Waals surface area contributed by atoms with Crippen LogP contribution in [0.4, 0.5) is 0 Å². The van der Waals surface area contributed by atoms with E-state index >= 15 is 0 Å². The van der Waals surface area contributed by atoms with Gasteiger partial charge in [0.25, 0.3) is 0 Å². The quantitative estimate of drug-likeness (QED) is 0.527. The van der Waals surface area contributed by atoms with Crippen LogP contribution in [-0.4, -0.2) is 44.4 Å². The number of halogens is 2. The summed E-state index contributed by atoms with van der Waals surface area (Å²) in [6, 6.07) is 12.2. The summed E-state index contributed by atoms with van der Waals surface area (Å²) < 4.78 is 0. The number of rotatable bonds is 2. The third-order valence-corrected chi connectivity index (χ3v) is 2.76. The van der Waals surface area contributed by atoms with Crippen LogP contribution in [0.2, 0.25) is 10.0 Å². The van der Waals surface area contributed by atoms with E-state index < -0.39 is 11.9 Å². The number of benzene rings is 2. The molecule has 0 atom stereocenters. The molecule has 10 N–H and O–H groups in total. The molecule has 0 saturated heterocycles. The van der Waals surface area contributed by atoms with Gasteiger partial charge in [0.15, 0.2) is 0 Å². The molecule has 0 spiro atoms. The molecule has 2 aromatic carbocycles. The summed E-state index contributed by atoms with van der Waals surface area (Å²) in [5.41, 5.74) is 0.444. The van der Waals surface area contributed by atoms with E-state index in [1.807, 2.05) is 0 Å². The third-order valence-electron chi connectivity index (χ3n) is 2.29. The molecular formula is C14H18Cl2O10. The smallest absolute Gasteiger partial charge is 0.372 e. The molecule has 0 saturated carbocycles. The molecule has 0 amide bonds. The maximum Gasteiger partial charge on any atom is 0.372 e. The topological polar surface area (TPSA) is 219 Å². The molecule has 2 aromatic rings. The fourth-order valence-electron chi connectivity index (χ4n) is 1.34. The highest BCUT2D eigenvalue weighted by molar-refractivity contribution is 6.31. The lowest BCUT2D eigenvalue weighted by atomic mass is 10.2. The number of hydrogen-bond donors (Lipinski definition) is 2. The molecule has 0 aromatic heterocycles. The Hall–Kier alpha value is -2.28. The minimum Gasteiger partial charge on any atom is -0.412 e. The summed E-state index contributed by atoms with van der Waals surface area (Å²) in [5.74, 6) is -1.63. The van der Waals surface area contributed by atoms with Crippen molar-refractivity contribution in [2.45, 2.75) is 0 Å². The maximum atomic E-state index is 10.6. The summed E-state index contributed by atoms with van der Waals surface area (Å²) in [6.45, 7) is 0. The molecule has 0 aliphatic rings. The van der Waals surface area contributed by atoms with E-state index in [2.05, 4.69) is 9.78 Å². The first-order valence-corrected chi connectivity index (χ1v) is 6.46. The normalized spacial score (nSPS) is 7.85. The van der Waals surface area contributed by atoms with E-state index in [9.17, 15) is 9.59 Å². The van der Waals surface area contributed by atoms with E-state index in [1.54, 1.807) is 24.3 Å². The van der Waals surface area contributed by atoms with Crippen molar-refractivity contribution in [3.8, 4) is 0 Å². The van der Waals surface area contributed by atoms with Crippen LogP contribution in [0.3, 0.4) is 0 Å². The number of carbonyl (C=O) groups excluding carboxylic acids is 2. The van der Waals surface area contributed by atoms with E-state index in [4.69, 9.17) is 33.7 Å². The monoisotopic (exact) mass is 416 g/mol. The van der Waals surface area contributed by atoms with Gasteiger partial charge in [-0.1, -0.05) is 35.3 Å². The van der Waals surface area contributed by atoms with Crippen molar-refractivity contribution in [3.05, 3.63) is 69.7 Å². The lowest BCUT2D eigenvalue weighted by molar-refractivity contribution is -0.182. The maximum absolute atomic E-state index is 10.6. The summed E-state index contributed by atoms with van der Waals surface area (Å²) in [7, 11) is 0. The third kappa shape index (κ3) is 10.6. The van der Waals surface area contributed by atoms with Crippen LogP contribution in [0, 0.1) is 0 Å². The van der Waals surface area contributed by atoms with Gasteiger partial charge in [-0.15, -0.1) is 0 Å². The van der Waals surface area contributed by atoms with Gasteiger partial charge in [-0.3, -0.25) is 9.78 Å². The summed E-state index contributed by atoms with van der Waals surface area (Å²) >= 11 is 11.1. The predicted molar refractivity (Wildman–Crippen MR) is 93.4 cm³/mol. The summed E-state index contributed by atoms with van der Waals surface area (Å²) in [4.78, 5) is 28.3. The Morgan fingerprint density at radius 1 is 0.692 bits per heavy atom. The van der Waals surface area contributed by atoms with Crippen molar-refractivity contribution in [1.29, 1.82) is 0 Å². The van der Waals surface area contributed by atoms with Crippen LogP contribution < -0.4 is 0 Å². The molecular weight excluding hydrogens is 399 g/mol. The zero-order chi connectivity index (χ0) is 16.5. The second-order valence-electron chi connectivity index (χ2n) is 3.78. The zero-order valence-electron chi connectivity index (χ0n) is 12.9. The molecule has 0 aliphatic heterocycles. The minimum absolute atomic E-state index is 0. The Kier molecular flexibility index (Phi) is 19.6. The van der Waals surface area contributed by atoms with Gasteiger partial charge >= 0.3 is 11.9 Å². The van der Waals surface area contributed by atoms with Crippen LogP contribution in [0.25, 0.3) is 0 Å². The highest BCUT2D eigenvalue weighted by Gasteiger charge is 2.06. The Morgan fingerprint density at radius 2 is 1.00 bits per heavy atom. The fourth-order valence-corrected chi connectivity index (χ4v) is 1.72. The van der Waals surface area contributed by atoms with Crippen molar-refractivity contribution in [2.75, 3.05) is 0 Å². The Balaban J connectivity index is -0.000000161. The first-order chi connectivity index (χ1) is 10.5. The van der Waals surface area contributed by atoms with Crippen LogP contribution in [0.15, 0.2) is 48.5 Å². The first kappa shape index (κ1) is 31.5. The Labute approximate surface area is 157 Å². The van der Waals surface area contributed by atoms with Crippen molar-refractivity contribution in [3.63, 3.8) is 0 Å². The highest BCUT2D eigenvalue weighted by atomic mass is 35.5. The molecule has 2 rings (SSSR count). The zero-order valence-corrected chi connectivity index (χ0v) is 14.4. The number of carbonyl (C=O) groups is 2. The second-order valence-corrected chi connectivity index (χ2v) is 4.65. The van der Waals surface area contributed by atoms with Crippen molar-refractivity contribution < 1.29 is 51.8 Å². The van der Waals surface area contributed by atoms with Gasteiger partial charge in [0.05, 0.1) is 11.1 Å². The molecule has 0 radical (unpaired) electrons. The standard InChI is InChI=1S/2C7H5ClO3.4H2O/c2*8-6-3-1-2-5(4-6)7(9)11-10;;;;/h2*1-4,10H;4*1H2. The lowest BCUT2D eigenvalue weighted by Crippen LogP contribution is -2.00. The van der Waals surface area contributed by atoms with Gasteiger partial charge in [-0.2, -0.15) is 10.5 Å². The molecule has 12 heteroatoms. The van der Waals surface area contributed by atoms with Gasteiger partial charge < -0.3 is 21.9 Å². The van der Waals surface area contributed by atoms with Gasteiger partial charge in [0.1, 0.15) is 0 Å². The molecule has 10 nitrogen and oxygen atoms in total. The van der Waals surface area contributed by atoms with Crippen molar-refractivity contribution in [1.82, 2.24) is 0 Å². The molecule has 0 bridgehead atoms. The van der Waals surface area contributed by atoms with Crippen molar-refractivity contribution >= 4 is 35.1 Å². The minimum atomic E-state index is -0.813. The van der Waals surface area contributed by atoms with E-state index in [-0.39, 0.29) is 33.0 Å². The predicted octanol–water partition coefficient (Wildman–Crippen LogP) is 0.641. The van der Waals surface area contributed by atoms with E-state index in [0.29, 0.717) is 10.0 Å². The average Bonchev–Trinajstić information content (AvgIpc) is 2.54. The van der Waals surface area contributed by atoms with Crippen molar-refractivity contribution in [2.24, 2.45) is 0 Å². The van der Waals surface area contributed by atoms with E-state index in [0.717, 1.165) is 0 Å². The molecule has 0 heterocycles. The van der Waals surface area contributed by atoms with Crippen LogP contribution >= 0.6 is 23.2 Å². The average molecular weight is 417 g/mol. The van der Waals surface area contributed by atoms with Crippen LogP contribution in [0.5, 0.6) is 0 Å². The molecule has 0 unspecified atom stereocenters. The molecule has 148 valence electrons. The second kappa shape index (κ2) is 16.2. The summed E-state index contributed by atoms with van der Waals surface area (Å²) in [5, 5.41) is 16.8. The van der Waals surface area contributed by atoms with Crippen LogP contribution in [-0.2, 0) is 9.78 Å². The largest absolute Gasteiger partial charge is 0.412 e. The van der Waals surface area contributed by atoms with Gasteiger partial charge in [0, 0.05) is 10.0 Å². The van der Waals surface area contributed by atoms with Gasteiger partial charge in [-0.25, -0.2) is 9.59 Å². The van der Waals surface area contributed by atoms with Crippen LogP contribution in [0.1, 0.15) is 20.7 Å².